The van der Waals surface area contributed by atoms with Gasteiger partial charge in [0.1, 0.15) is 12.4 Å². The summed E-state index contributed by atoms with van der Waals surface area (Å²) in [5.41, 5.74) is 0.488. The van der Waals surface area contributed by atoms with Gasteiger partial charge in [-0.2, -0.15) is 6.42 Å². The van der Waals surface area contributed by atoms with Crippen LogP contribution in [0.4, 0.5) is 0 Å². The maximum absolute atomic E-state index is 10.2. The van der Waals surface area contributed by atoms with E-state index < -0.39 is 0 Å². The van der Waals surface area contributed by atoms with Gasteiger partial charge in [0.15, 0.2) is 0 Å². The van der Waals surface area contributed by atoms with E-state index in [1.54, 1.807) is 0 Å². The second-order valence-corrected chi connectivity index (χ2v) is 4.39. The fourth-order valence-corrected chi connectivity index (χ4v) is 0.763. The van der Waals surface area contributed by atoms with Crippen molar-refractivity contribution < 1.29 is 30.6 Å². The molecule has 0 aromatic carbocycles. The van der Waals surface area contributed by atoms with Gasteiger partial charge < -0.3 is 23.4 Å². The third kappa shape index (κ3) is 25.0. The Hall–Kier alpha value is 0.318. The van der Waals surface area contributed by atoms with Crippen LogP contribution >= 0.6 is 0 Å². The number of rotatable bonds is 4. The minimum atomic E-state index is 0. The van der Waals surface area contributed by atoms with E-state index in [4.69, 9.17) is 0 Å². The first kappa shape index (κ1) is 20.7. The summed E-state index contributed by atoms with van der Waals surface area (Å²) in [6.07, 6.45) is 2.62. The van der Waals surface area contributed by atoms with Crippen molar-refractivity contribution in [3.63, 3.8) is 0 Å². The van der Waals surface area contributed by atoms with Gasteiger partial charge in [-0.3, -0.25) is 0 Å². The van der Waals surface area contributed by atoms with Crippen molar-refractivity contribution >= 4 is 5.78 Å². The number of carbonyl (C=O) groups is 1. The van der Waals surface area contributed by atoms with E-state index in [1.165, 1.54) is 13.5 Å². The van der Waals surface area contributed by atoms with Crippen LogP contribution in [0.25, 0.3) is 0 Å². The molecule has 0 atom stereocenters. The molecule has 3 heteroatoms. The van der Waals surface area contributed by atoms with Gasteiger partial charge in [-0.15, -0.1) is 6.42 Å². The largest absolute Gasteiger partial charge is 2.00 e. The van der Waals surface area contributed by atoms with Crippen LogP contribution < -0.4 is 0 Å². The number of hydrogen-bond donors (Lipinski definition) is 0. The molecule has 0 aliphatic rings. The summed E-state index contributed by atoms with van der Waals surface area (Å²) < 4.78 is 4.50. The Morgan fingerprint density at radius 3 is 1.80 bits per heavy atom. The van der Waals surface area contributed by atoms with Crippen LogP contribution in [0.1, 0.15) is 40.0 Å². The molecule has 0 amide bonds. The van der Waals surface area contributed by atoms with E-state index in [2.05, 4.69) is 39.4 Å². The number of ether oxygens (including phenoxy) is 1. The quantitative estimate of drug-likeness (QED) is 0.697. The molecule has 15 heavy (non-hydrogen) atoms. The second kappa shape index (κ2) is 12.4. The Balaban J connectivity index is -0.000000180. The van der Waals surface area contributed by atoms with Crippen LogP contribution in [0.15, 0.2) is 0 Å². The molecule has 0 aromatic rings. The predicted octanol–water partition coefficient (Wildman–Crippen LogP) is 3.07. The number of hydrogen-bond acceptors (Lipinski definition) is 2. The summed E-state index contributed by atoms with van der Waals surface area (Å²) in [6.45, 7) is 14.0. The third-order valence-corrected chi connectivity index (χ3v) is 1.51. The average molecular weight is 384 g/mol. The summed E-state index contributed by atoms with van der Waals surface area (Å²) in [5.74, 6) is 0.0440. The van der Waals surface area contributed by atoms with Crippen LogP contribution in [0, 0.1) is 19.3 Å². The normalized spacial score (nSPS) is 9.73. The Labute approximate surface area is 109 Å². The van der Waals surface area contributed by atoms with E-state index in [9.17, 15) is 4.79 Å². The van der Waals surface area contributed by atoms with Gasteiger partial charge in [0.25, 0.3) is 0 Å². The van der Waals surface area contributed by atoms with Crippen molar-refractivity contribution in [2.45, 2.75) is 40.0 Å². The molecule has 0 unspecified atom stereocenters. The maximum Gasteiger partial charge on any atom is 2.00 e. The van der Waals surface area contributed by atoms with Crippen molar-refractivity contribution in [1.82, 2.24) is 0 Å². The molecule has 0 fully saturated rings. The number of Topliss-reactive ketones (excluding diaryl/α,β-unsaturated/α-hetero) is 1. The zero-order chi connectivity index (χ0) is 11.6. The first-order chi connectivity index (χ1) is 6.37. The molecule has 0 rings (SSSR count). The van der Waals surface area contributed by atoms with Crippen molar-refractivity contribution in [2.75, 3.05) is 13.7 Å². The Morgan fingerprint density at radius 2 is 1.73 bits per heavy atom. The van der Waals surface area contributed by atoms with E-state index >= 15 is 0 Å². The van der Waals surface area contributed by atoms with Crippen LogP contribution in [-0.2, 0) is 30.6 Å². The van der Waals surface area contributed by atoms with Gasteiger partial charge in [0.2, 0.25) is 0 Å². The molecule has 0 spiro atoms. The van der Waals surface area contributed by atoms with E-state index in [-0.39, 0.29) is 33.5 Å². The van der Waals surface area contributed by atoms with Gasteiger partial charge >= 0.3 is 21.1 Å². The Bertz CT molecular complexity index is 139. The molecule has 90 valence electrons. The van der Waals surface area contributed by atoms with Crippen LogP contribution in [-0.4, -0.2) is 19.5 Å². The monoisotopic (exact) mass is 384 g/mol. The Kier molecular flexibility index (Phi) is 17.1. The molecule has 0 N–H and O–H groups in total. The van der Waals surface area contributed by atoms with E-state index in [0.29, 0.717) is 11.8 Å². The minimum Gasteiger partial charge on any atom is -0.377 e. The maximum atomic E-state index is 10.2. The van der Waals surface area contributed by atoms with Gasteiger partial charge in [0.05, 0.1) is 0 Å². The van der Waals surface area contributed by atoms with E-state index in [0.717, 1.165) is 6.42 Å². The predicted molar refractivity (Wildman–Crippen MR) is 60.9 cm³/mol. The first-order valence-electron chi connectivity index (χ1n) is 4.96. The van der Waals surface area contributed by atoms with Crippen LogP contribution in [0.5, 0.6) is 0 Å². The van der Waals surface area contributed by atoms with Crippen LogP contribution in [0.3, 0.4) is 0 Å². The smallest absolute Gasteiger partial charge is 0.377 e. The Morgan fingerprint density at radius 1 is 1.27 bits per heavy atom. The van der Waals surface area contributed by atoms with Crippen LogP contribution in [0.2, 0.25) is 0 Å². The standard InChI is InChI=1S/C7H15.C5H9O2.W/c1-5-6-7(2,3)4;1-3-5(6)4-7-2;/h1,5-6H2,2-4H3;1,3-4H2,2H3;/q2*-1;+2. The van der Waals surface area contributed by atoms with Crippen molar-refractivity contribution in [1.29, 1.82) is 0 Å². The summed E-state index contributed by atoms with van der Waals surface area (Å²) in [4.78, 5) is 10.2. The fraction of sp³-hybridized carbons (Fsp3) is 0.750. The SMILES string of the molecule is [CH2-]CC(=O)COC.[CH2-]CCC(C)(C)C.[W+2]. The molecular formula is C12H24O2W. The molecule has 0 radical (unpaired) electrons. The molecule has 2 nitrogen and oxygen atoms in total. The third-order valence-electron chi connectivity index (χ3n) is 1.51. The topological polar surface area (TPSA) is 26.3 Å². The summed E-state index contributed by atoms with van der Waals surface area (Å²) >= 11 is 0. The molecule has 0 aliphatic carbocycles. The van der Waals surface area contributed by atoms with E-state index in [1.807, 2.05) is 0 Å². The molecular weight excluding hydrogens is 360 g/mol. The van der Waals surface area contributed by atoms with Gasteiger partial charge in [-0.05, 0) is 5.41 Å². The number of methoxy groups -OCH3 is 1. The van der Waals surface area contributed by atoms with Crippen molar-refractivity contribution in [2.24, 2.45) is 5.41 Å². The molecule has 0 bridgehead atoms. The molecule has 0 heterocycles. The molecule has 0 aliphatic heterocycles. The van der Waals surface area contributed by atoms with Gasteiger partial charge in [0, 0.05) is 7.11 Å². The second-order valence-electron chi connectivity index (χ2n) is 4.39. The van der Waals surface area contributed by atoms with Crippen molar-refractivity contribution in [3.05, 3.63) is 13.8 Å². The summed E-state index contributed by atoms with van der Waals surface area (Å²) in [6, 6.07) is 0. The molecule has 0 saturated heterocycles. The van der Waals surface area contributed by atoms with Gasteiger partial charge in [-0.25, -0.2) is 0 Å². The van der Waals surface area contributed by atoms with Gasteiger partial charge in [-0.1, -0.05) is 27.2 Å². The molecule has 0 saturated carbocycles. The first-order valence-corrected chi connectivity index (χ1v) is 4.96. The number of ketones is 1. The van der Waals surface area contributed by atoms with Crippen molar-refractivity contribution in [3.8, 4) is 0 Å². The summed E-state index contributed by atoms with van der Waals surface area (Å²) in [7, 11) is 1.49. The minimum absolute atomic E-state index is 0. The fourth-order valence-electron chi connectivity index (χ4n) is 0.763. The average Bonchev–Trinajstić information content (AvgIpc) is 2.03. The zero-order valence-corrected chi connectivity index (χ0v) is 13.4. The molecule has 0 aromatic heterocycles. The summed E-state index contributed by atoms with van der Waals surface area (Å²) in [5, 5.41) is 0. The zero-order valence-electron chi connectivity index (χ0n) is 10.5. The number of carbonyl (C=O) groups excluding carboxylic acids is 1.